The Hall–Kier alpha value is -2.32. The number of hydrogen-bond donors (Lipinski definition) is 2. The van der Waals surface area contributed by atoms with Gasteiger partial charge in [-0.2, -0.15) is 0 Å². The molecule has 0 radical (unpaired) electrons. The van der Waals surface area contributed by atoms with Crippen LogP contribution in [0.4, 0.5) is 0 Å². The summed E-state index contributed by atoms with van der Waals surface area (Å²) in [6.07, 6.45) is 1.33. The second-order valence-electron chi connectivity index (χ2n) is 5.97. The van der Waals surface area contributed by atoms with Crippen molar-refractivity contribution < 1.29 is 29.0 Å². The van der Waals surface area contributed by atoms with Gasteiger partial charge in [-0.3, -0.25) is 9.59 Å². The molecule has 1 aromatic heterocycles. The van der Waals surface area contributed by atoms with Gasteiger partial charge in [0.1, 0.15) is 0 Å². The fourth-order valence-electron chi connectivity index (χ4n) is 3.03. The van der Waals surface area contributed by atoms with Gasteiger partial charge >= 0.3 is 0 Å². The zero-order chi connectivity index (χ0) is 20.3. The lowest BCUT2D eigenvalue weighted by Crippen LogP contribution is -2.34. The first-order valence-electron chi connectivity index (χ1n) is 8.41. The molecule has 2 heterocycles. The zero-order valence-electron chi connectivity index (χ0n) is 14.6. The summed E-state index contributed by atoms with van der Waals surface area (Å²) in [4.78, 5) is 26.9. The maximum atomic E-state index is 12.9. The topological polar surface area (TPSA) is 100 Å². The number of nitrogens with zero attached hydrogens (tertiary/aromatic N) is 1. The monoisotopic (exact) mass is 425 g/mol. The minimum atomic E-state index is -0.937. The van der Waals surface area contributed by atoms with E-state index in [4.69, 9.17) is 37.5 Å². The highest BCUT2D eigenvalue weighted by Crippen LogP contribution is 2.41. The lowest BCUT2D eigenvalue weighted by molar-refractivity contribution is -0.130. The maximum absolute atomic E-state index is 12.9. The summed E-state index contributed by atoms with van der Waals surface area (Å²) >= 11 is 12.3. The Morgan fingerprint density at radius 1 is 1.25 bits per heavy atom. The van der Waals surface area contributed by atoms with Gasteiger partial charge < -0.3 is 24.3 Å². The number of carbonyl (C=O) groups excluding carboxylic acids is 2. The number of halogens is 2. The predicted molar refractivity (Wildman–Crippen MR) is 102 cm³/mol. The number of amides is 1. The smallest absolute Gasteiger partial charge is 0.290 e. The van der Waals surface area contributed by atoms with Crippen molar-refractivity contribution >= 4 is 34.9 Å². The predicted octanol–water partition coefficient (Wildman–Crippen LogP) is 3.17. The Kier molecular flexibility index (Phi) is 6.41. The van der Waals surface area contributed by atoms with Crippen LogP contribution in [0.3, 0.4) is 0 Å². The zero-order valence-corrected chi connectivity index (χ0v) is 16.1. The van der Waals surface area contributed by atoms with Crippen molar-refractivity contribution in [2.75, 3.05) is 26.4 Å². The number of carbonyl (C=O) groups is 2. The minimum Gasteiger partial charge on any atom is -0.503 e. The first-order valence-corrected chi connectivity index (χ1v) is 9.17. The summed E-state index contributed by atoms with van der Waals surface area (Å²) in [7, 11) is 0. The molecule has 1 aromatic carbocycles. The molecule has 1 aliphatic heterocycles. The van der Waals surface area contributed by atoms with Crippen molar-refractivity contribution in [3.63, 3.8) is 0 Å². The van der Waals surface area contributed by atoms with Crippen LogP contribution in [0, 0.1) is 0 Å². The van der Waals surface area contributed by atoms with Crippen LogP contribution in [0.2, 0.25) is 10.0 Å². The molecule has 0 saturated heterocycles. The third-order valence-electron chi connectivity index (χ3n) is 4.26. The van der Waals surface area contributed by atoms with Gasteiger partial charge in [-0.25, -0.2) is 0 Å². The van der Waals surface area contributed by atoms with Crippen molar-refractivity contribution in [1.29, 1.82) is 0 Å². The highest BCUT2D eigenvalue weighted by Gasteiger charge is 2.44. The Morgan fingerprint density at radius 2 is 2.04 bits per heavy atom. The van der Waals surface area contributed by atoms with E-state index in [9.17, 15) is 14.7 Å². The highest BCUT2D eigenvalue weighted by molar-refractivity contribution is 6.35. The lowest BCUT2D eigenvalue weighted by atomic mass is 9.95. The van der Waals surface area contributed by atoms with Crippen LogP contribution >= 0.6 is 23.2 Å². The molecule has 3 rings (SSSR count). The van der Waals surface area contributed by atoms with Gasteiger partial charge in [0.05, 0.1) is 37.7 Å². The van der Waals surface area contributed by atoms with Crippen LogP contribution in [0.25, 0.3) is 0 Å². The number of benzene rings is 1. The fourth-order valence-corrected chi connectivity index (χ4v) is 3.54. The minimum absolute atomic E-state index is 0.0113. The normalized spacial score (nSPS) is 16.9. The molecule has 1 aliphatic rings. The average molecular weight is 426 g/mol. The number of ketones is 1. The number of hydrogen-bond acceptors (Lipinski definition) is 6. The molecule has 1 amide bonds. The maximum Gasteiger partial charge on any atom is 0.290 e. The van der Waals surface area contributed by atoms with E-state index in [-0.39, 0.29) is 42.7 Å². The summed E-state index contributed by atoms with van der Waals surface area (Å²) in [5.74, 6) is -2.02. The van der Waals surface area contributed by atoms with Crippen molar-refractivity contribution in [3.05, 3.63) is 69.3 Å². The molecule has 0 aliphatic carbocycles. The number of furan rings is 1. The van der Waals surface area contributed by atoms with Crippen LogP contribution in [-0.4, -0.2) is 53.2 Å². The number of aliphatic hydroxyl groups is 2. The molecular formula is C19H17Cl2NO6. The largest absolute Gasteiger partial charge is 0.503 e. The molecule has 148 valence electrons. The molecule has 9 heteroatoms. The first kappa shape index (κ1) is 20.4. The Labute approximate surface area is 170 Å². The van der Waals surface area contributed by atoms with E-state index >= 15 is 0 Å². The number of rotatable bonds is 8. The van der Waals surface area contributed by atoms with Gasteiger partial charge in [-0.1, -0.05) is 29.3 Å². The third kappa shape index (κ3) is 3.93. The Bertz CT molecular complexity index is 909. The number of aliphatic hydroxyl groups excluding tert-OH is 2. The van der Waals surface area contributed by atoms with Gasteiger partial charge in [0, 0.05) is 16.6 Å². The van der Waals surface area contributed by atoms with E-state index in [1.54, 1.807) is 12.1 Å². The Morgan fingerprint density at radius 3 is 2.68 bits per heavy atom. The molecular weight excluding hydrogens is 409 g/mol. The quantitative estimate of drug-likeness (QED) is 0.497. The van der Waals surface area contributed by atoms with Gasteiger partial charge in [0.2, 0.25) is 5.78 Å². The summed E-state index contributed by atoms with van der Waals surface area (Å²) in [5, 5.41) is 19.9. The van der Waals surface area contributed by atoms with E-state index in [0.29, 0.717) is 10.6 Å². The van der Waals surface area contributed by atoms with Gasteiger partial charge in [-0.15, -0.1) is 0 Å². The SMILES string of the molecule is O=C(C1=C(O)C(=O)N(CCOCCO)[C@H]1c1ccc(Cl)cc1Cl)c1ccco1. The summed E-state index contributed by atoms with van der Waals surface area (Å²) < 4.78 is 10.4. The number of Topliss-reactive ketones (excluding diaryl/α,β-unsaturated/α-hetero) is 1. The Balaban J connectivity index is 2.02. The van der Waals surface area contributed by atoms with Gasteiger partial charge in [-0.05, 0) is 29.8 Å². The standard InChI is InChI=1S/C19H17Cl2NO6/c20-11-3-4-12(13(21)10-11)16-15(17(24)14-2-1-7-28-14)18(25)19(26)22(16)5-8-27-9-6-23/h1-4,7,10,16,23,25H,5-6,8-9H2/t16-/m0/s1. The van der Waals surface area contributed by atoms with E-state index in [2.05, 4.69) is 0 Å². The second-order valence-corrected chi connectivity index (χ2v) is 6.82. The van der Waals surface area contributed by atoms with Crippen LogP contribution in [0.1, 0.15) is 22.2 Å². The molecule has 0 fully saturated rings. The van der Waals surface area contributed by atoms with E-state index < -0.39 is 23.5 Å². The lowest BCUT2D eigenvalue weighted by Gasteiger charge is -2.27. The third-order valence-corrected chi connectivity index (χ3v) is 4.82. The summed E-state index contributed by atoms with van der Waals surface area (Å²) in [6.45, 7) is 0.114. The van der Waals surface area contributed by atoms with Crippen LogP contribution in [0.15, 0.2) is 52.3 Å². The van der Waals surface area contributed by atoms with Crippen molar-refractivity contribution in [1.82, 2.24) is 4.90 Å². The average Bonchev–Trinajstić information content (AvgIpc) is 3.28. The summed E-state index contributed by atoms with van der Waals surface area (Å²) in [6, 6.07) is 6.71. The molecule has 1 atom stereocenters. The van der Waals surface area contributed by atoms with Crippen molar-refractivity contribution in [2.45, 2.75) is 6.04 Å². The summed E-state index contributed by atoms with van der Waals surface area (Å²) in [5.41, 5.74) is 0.298. The molecule has 0 saturated carbocycles. The van der Waals surface area contributed by atoms with Crippen LogP contribution in [-0.2, 0) is 9.53 Å². The van der Waals surface area contributed by atoms with Gasteiger partial charge in [0.15, 0.2) is 11.5 Å². The van der Waals surface area contributed by atoms with Crippen LogP contribution in [0.5, 0.6) is 0 Å². The van der Waals surface area contributed by atoms with Crippen molar-refractivity contribution in [3.8, 4) is 0 Å². The highest BCUT2D eigenvalue weighted by atomic mass is 35.5. The van der Waals surface area contributed by atoms with E-state index in [1.807, 2.05) is 0 Å². The van der Waals surface area contributed by atoms with Crippen molar-refractivity contribution in [2.24, 2.45) is 0 Å². The molecule has 0 bridgehead atoms. The van der Waals surface area contributed by atoms with E-state index in [1.165, 1.54) is 29.4 Å². The van der Waals surface area contributed by atoms with E-state index in [0.717, 1.165) is 0 Å². The number of ether oxygens (including phenoxy) is 1. The molecule has 2 N–H and O–H groups in total. The molecule has 7 nitrogen and oxygen atoms in total. The van der Waals surface area contributed by atoms with Crippen LogP contribution < -0.4 is 0 Å². The molecule has 0 unspecified atom stereocenters. The second kappa shape index (κ2) is 8.79. The molecule has 28 heavy (non-hydrogen) atoms. The molecule has 2 aromatic rings. The first-order chi connectivity index (χ1) is 13.5. The fraction of sp³-hybridized carbons (Fsp3) is 0.263. The van der Waals surface area contributed by atoms with Gasteiger partial charge in [0.25, 0.3) is 5.91 Å². The molecule has 0 spiro atoms.